The van der Waals surface area contributed by atoms with Crippen molar-refractivity contribution in [3.05, 3.63) is 53.6 Å². The Hall–Kier alpha value is -3.04. The summed E-state index contributed by atoms with van der Waals surface area (Å²) in [7, 11) is 0. The number of rotatable bonds is 8. The molecule has 0 radical (unpaired) electrons. The first-order chi connectivity index (χ1) is 15.5. The van der Waals surface area contributed by atoms with E-state index in [0.29, 0.717) is 34.4 Å². The SMILES string of the molecule is CCN(CC)CCN(C(=O)C=Cc1ccc2c(c1)OCO2)c1nc2c(F)cc(F)cc2s1. The highest BCUT2D eigenvalue weighted by Crippen LogP contribution is 2.33. The van der Waals surface area contributed by atoms with Gasteiger partial charge in [-0.15, -0.1) is 0 Å². The smallest absolute Gasteiger partial charge is 0.252 e. The van der Waals surface area contributed by atoms with Crippen LogP contribution in [0.4, 0.5) is 13.9 Å². The largest absolute Gasteiger partial charge is 0.454 e. The zero-order valence-electron chi connectivity index (χ0n) is 17.8. The van der Waals surface area contributed by atoms with Crippen molar-refractivity contribution in [3.63, 3.8) is 0 Å². The molecule has 168 valence electrons. The van der Waals surface area contributed by atoms with Gasteiger partial charge in [-0.25, -0.2) is 13.8 Å². The molecule has 1 aliphatic rings. The number of aromatic nitrogens is 1. The van der Waals surface area contributed by atoms with Gasteiger partial charge < -0.3 is 14.4 Å². The topological polar surface area (TPSA) is 54.9 Å². The van der Waals surface area contributed by atoms with E-state index in [9.17, 15) is 13.6 Å². The normalized spacial score (nSPS) is 12.9. The predicted molar refractivity (Wildman–Crippen MR) is 121 cm³/mol. The predicted octanol–water partition coefficient (Wildman–Crippen LogP) is 4.69. The lowest BCUT2D eigenvalue weighted by molar-refractivity contribution is -0.114. The quantitative estimate of drug-likeness (QED) is 0.458. The van der Waals surface area contributed by atoms with Crippen molar-refractivity contribution in [2.45, 2.75) is 13.8 Å². The molecule has 0 bridgehead atoms. The Balaban J connectivity index is 1.61. The second-order valence-corrected chi connectivity index (χ2v) is 8.20. The van der Waals surface area contributed by atoms with E-state index < -0.39 is 11.6 Å². The number of hydrogen-bond acceptors (Lipinski definition) is 6. The standard InChI is InChI=1S/C23H23F2N3O3S/c1-3-27(4-2)9-10-28(23-26-22-17(25)12-16(24)13-20(22)32-23)21(29)8-6-15-5-7-18-19(11-15)31-14-30-18/h5-8,11-13H,3-4,9-10,14H2,1-2H3. The van der Waals surface area contributed by atoms with E-state index in [0.717, 1.165) is 36.1 Å². The van der Waals surface area contributed by atoms with Crippen molar-refractivity contribution < 1.29 is 23.0 Å². The molecule has 0 saturated carbocycles. The fraction of sp³-hybridized carbons (Fsp3) is 0.304. The molecule has 2 aromatic carbocycles. The molecule has 0 atom stereocenters. The highest BCUT2D eigenvalue weighted by Gasteiger charge is 2.21. The van der Waals surface area contributed by atoms with Crippen LogP contribution < -0.4 is 14.4 Å². The minimum Gasteiger partial charge on any atom is -0.454 e. The van der Waals surface area contributed by atoms with Crippen LogP contribution in [0.5, 0.6) is 11.5 Å². The third-order valence-corrected chi connectivity index (χ3v) is 6.27. The minimum absolute atomic E-state index is 0.0618. The zero-order chi connectivity index (χ0) is 22.7. The molecule has 9 heteroatoms. The second kappa shape index (κ2) is 9.62. The Morgan fingerprint density at radius 1 is 1.12 bits per heavy atom. The van der Waals surface area contributed by atoms with E-state index in [4.69, 9.17) is 9.47 Å². The molecule has 1 aromatic heterocycles. The van der Waals surface area contributed by atoms with Crippen LogP contribution in [0, 0.1) is 11.6 Å². The van der Waals surface area contributed by atoms with Crippen molar-refractivity contribution in [3.8, 4) is 11.5 Å². The molecule has 3 aromatic rings. The summed E-state index contributed by atoms with van der Waals surface area (Å²) in [5.74, 6) is -0.419. The summed E-state index contributed by atoms with van der Waals surface area (Å²) in [5, 5.41) is 0.331. The molecule has 0 fully saturated rings. The number of hydrogen-bond donors (Lipinski definition) is 0. The Morgan fingerprint density at radius 3 is 2.69 bits per heavy atom. The molecule has 0 spiro atoms. The summed E-state index contributed by atoms with van der Waals surface area (Å²) in [6.07, 6.45) is 3.13. The van der Waals surface area contributed by atoms with Gasteiger partial charge in [0.05, 0.1) is 4.70 Å². The van der Waals surface area contributed by atoms with Crippen LogP contribution in [0.25, 0.3) is 16.3 Å². The number of amides is 1. The molecule has 4 rings (SSSR count). The van der Waals surface area contributed by atoms with Gasteiger partial charge in [0.25, 0.3) is 5.91 Å². The van der Waals surface area contributed by atoms with Crippen LogP contribution in [-0.4, -0.2) is 48.8 Å². The van der Waals surface area contributed by atoms with E-state index in [1.54, 1.807) is 18.2 Å². The maximum atomic E-state index is 14.2. The summed E-state index contributed by atoms with van der Waals surface area (Å²) < 4.78 is 38.9. The first-order valence-electron chi connectivity index (χ1n) is 10.4. The molecule has 0 N–H and O–H groups in total. The molecule has 32 heavy (non-hydrogen) atoms. The molecule has 0 unspecified atom stereocenters. The fourth-order valence-electron chi connectivity index (χ4n) is 3.42. The van der Waals surface area contributed by atoms with Crippen molar-refractivity contribution in [2.75, 3.05) is 37.9 Å². The first kappa shape index (κ1) is 22.2. The van der Waals surface area contributed by atoms with Gasteiger partial charge in [0.15, 0.2) is 22.4 Å². The Labute approximate surface area is 188 Å². The van der Waals surface area contributed by atoms with Gasteiger partial charge in [0.2, 0.25) is 6.79 Å². The fourth-order valence-corrected chi connectivity index (χ4v) is 4.45. The molecule has 1 aliphatic heterocycles. The highest BCUT2D eigenvalue weighted by atomic mass is 32.1. The van der Waals surface area contributed by atoms with Crippen LogP contribution in [0.3, 0.4) is 0 Å². The van der Waals surface area contributed by atoms with Crippen LogP contribution in [-0.2, 0) is 4.79 Å². The number of thiazole rings is 1. The van der Waals surface area contributed by atoms with E-state index in [2.05, 4.69) is 9.88 Å². The molecular formula is C23H23F2N3O3S. The lowest BCUT2D eigenvalue weighted by Crippen LogP contribution is -2.38. The molecule has 1 amide bonds. The molecule has 2 heterocycles. The summed E-state index contributed by atoms with van der Waals surface area (Å²) in [4.78, 5) is 21.1. The highest BCUT2D eigenvalue weighted by molar-refractivity contribution is 7.22. The lowest BCUT2D eigenvalue weighted by Gasteiger charge is -2.23. The summed E-state index contributed by atoms with van der Waals surface area (Å²) >= 11 is 1.09. The second-order valence-electron chi connectivity index (χ2n) is 7.19. The number of benzene rings is 2. The van der Waals surface area contributed by atoms with Gasteiger partial charge in [-0.2, -0.15) is 0 Å². The number of anilines is 1. The van der Waals surface area contributed by atoms with Crippen molar-refractivity contribution in [1.29, 1.82) is 0 Å². The Bertz CT molecular complexity index is 1160. The van der Waals surface area contributed by atoms with E-state index in [1.807, 2.05) is 19.9 Å². The van der Waals surface area contributed by atoms with Crippen molar-refractivity contribution in [1.82, 2.24) is 9.88 Å². The summed E-state index contributed by atoms with van der Waals surface area (Å²) in [6, 6.07) is 7.44. The Kier molecular flexibility index (Phi) is 6.66. The Morgan fingerprint density at radius 2 is 1.91 bits per heavy atom. The monoisotopic (exact) mass is 459 g/mol. The van der Waals surface area contributed by atoms with Gasteiger partial charge in [0, 0.05) is 25.2 Å². The van der Waals surface area contributed by atoms with E-state index in [1.165, 1.54) is 17.0 Å². The number of ether oxygens (including phenoxy) is 2. The average molecular weight is 460 g/mol. The van der Waals surface area contributed by atoms with Gasteiger partial charge in [0.1, 0.15) is 11.3 Å². The lowest BCUT2D eigenvalue weighted by atomic mass is 10.2. The maximum Gasteiger partial charge on any atom is 0.252 e. The number of carbonyl (C=O) groups excluding carboxylic acids is 1. The van der Waals surface area contributed by atoms with Crippen LogP contribution in [0.1, 0.15) is 19.4 Å². The zero-order valence-corrected chi connectivity index (χ0v) is 18.6. The number of fused-ring (bicyclic) bond motifs is 2. The van der Waals surface area contributed by atoms with E-state index >= 15 is 0 Å². The molecular weight excluding hydrogens is 436 g/mol. The number of nitrogens with zero attached hydrogens (tertiary/aromatic N) is 3. The number of likely N-dealkylation sites (N-methyl/N-ethyl adjacent to an activating group) is 1. The van der Waals surface area contributed by atoms with E-state index in [-0.39, 0.29) is 18.2 Å². The van der Waals surface area contributed by atoms with Gasteiger partial charge in [-0.1, -0.05) is 31.3 Å². The molecule has 0 saturated heterocycles. The molecule has 0 aliphatic carbocycles. The summed E-state index contributed by atoms with van der Waals surface area (Å²) in [6.45, 7) is 6.95. The summed E-state index contributed by atoms with van der Waals surface area (Å²) in [5.41, 5.74) is 0.843. The number of halogens is 2. The number of carbonyl (C=O) groups is 1. The van der Waals surface area contributed by atoms with Crippen molar-refractivity contribution >= 4 is 38.7 Å². The maximum absolute atomic E-state index is 14.2. The van der Waals surface area contributed by atoms with Crippen LogP contribution in [0.15, 0.2) is 36.4 Å². The van der Waals surface area contributed by atoms with Crippen LogP contribution >= 0.6 is 11.3 Å². The van der Waals surface area contributed by atoms with Gasteiger partial charge >= 0.3 is 0 Å². The van der Waals surface area contributed by atoms with Crippen LogP contribution in [0.2, 0.25) is 0 Å². The minimum atomic E-state index is -0.741. The third kappa shape index (κ3) is 4.73. The third-order valence-electron chi connectivity index (χ3n) is 5.25. The molecule has 6 nitrogen and oxygen atoms in total. The first-order valence-corrected chi connectivity index (χ1v) is 11.2. The van der Waals surface area contributed by atoms with Gasteiger partial charge in [-0.05, 0) is 42.9 Å². The van der Waals surface area contributed by atoms with Gasteiger partial charge in [-0.3, -0.25) is 9.69 Å². The average Bonchev–Trinajstić information content (AvgIpc) is 3.41. The van der Waals surface area contributed by atoms with Crippen molar-refractivity contribution in [2.24, 2.45) is 0 Å².